The van der Waals surface area contributed by atoms with Crippen molar-refractivity contribution in [1.29, 1.82) is 0 Å². The van der Waals surface area contributed by atoms with Gasteiger partial charge in [-0.15, -0.1) is 0 Å². The maximum absolute atomic E-state index is 13.2. The molecule has 9 heteroatoms. The normalized spacial score (nSPS) is 16.1. The van der Waals surface area contributed by atoms with E-state index >= 15 is 0 Å². The third kappa shape index (κ3) is 3.68. The molecule has 1 atom stereocenters. The minimum Gasteiger partial charge on any atom is -0.504 e. The first-order valence-electron chi connectivity index (χ1n) is 9.54. The Bertz CT molecular complexity index is 1350. The number of benzene rings is 1. The average Bonchev–Trinajstić information content (AvgIpc) is 3.38. The van der Waals surface area contributed by atoms with Crippen molar-refractivity contribution in [3.05, 3.63) is 73.2 Å². The first-order chi connectivity index (χ1) is 14.9. The molecule has 1 aromatic carbocycles. The van der Waals surface area contributed by atoms with Gasteiger partial charge in [-0.25, -0.2) is 9.79 Å². The van der Waals surface area contributed by atoms with Crippen LogP contribution in [0.15, 0.2) is 56.4 Å². The second-order valence-corrected chi connectivity index (χ2v) is 7.74. The third-order valence-corrected chi connectivity index (χ3v) is 5.84. The van der Waals surface area contributed by atoms with Crippen LogP contribution in [0.3, 0.4) is 0 Å². The number of hydrogen-bond acceptors (Lipinski definition) is 8. The van der Waals surface area contributed by atoms with E-state index in [1.165, 1.54) is 35.3 Å². The average molecular weight is 440 g/mol. The summed E-state index contributed by atoms with van der Waals surface area (Å²) < 4.78 is 17.7. The molecule has 0 aliphatic carbocycles. The molecular weight excluding hydrogens is 420 g/mol. The molecule has 1 aliphatic heterocycles. The van der Waals surface area contributed by atoms with Crippen LogP contribution in [0, 0.1) is 0 Å². The van der Waals surface area contributed by atoms with Crippen LogP contribution < -0.4 is 19.6 Å². The van der Waals surface area contributed by atoms with Gasteiger partial charge in [0.2, 0.25) is 0 Å². The van der Waals surface area contributed by atoms with E-state index in [1.54, 1.807) is 44.2 Å². The summed E-state index contributed by atoms with van der Waals surface area (Å²) in [4.78, 5) is 30.9. The fraction of sp³-hybridized carbons (Fsp3) is 0.227. The van der Waals surface area contributed by atoms with Gasteiger partial charge in [0.1, 0.15) is 11.8 Å². The van der Waals surface area contributed by atoms with E-state index in [0.717, 1.165) is 0 Å². The number of fused-ring (bicyclic) bond motifs is 1. The predicted molar refractivity (Wildman–Crippen MR) is 115 cm³/mol. The first kappa shape index (κ1) is 20.7. The molecule has 1 aliphatic rings. The molecule has 0 radical (unpaired) electrons. The molecule has 0 unspecified atom stereocenters. The van der Waals surface area contributed by atoms with Crippen molar-refractivity contribution in [1.82, 2.24) is 4.57 Å². The standard InChI is InChI=1S/C22H20N2O6S/c1-4-29-21(27)18-12(2)24-20(26)17(11-13-7-8-14(25)16(10-13)28-3)31-22(24)23-19(18)15-6-5-9-30-15/h5-11,19,25H,4H2,1-3H3/b17-11-/t19-/m0/s1. The minimum absolute atomic E-state index is 0.0102. The third-order valence-electron chi connectivity index (χ3n) is 4.85. The van der Waals surface area contributed by atoms with Crippen molar-refractivity contribution in [2.75, 3.05) is 13.7 Å². The zero-order chi connectivity index (χ0) is 22.1. The Balaban J connectivity index is 1.92. The van der Waals surface area contributed by atoms with Crippen molar-refractivity contribution in [2.45, 2.75) is 19.9 Å². The second kappa shape index (κ2) is 8.27. The predicted octanol–water partition coefficient (Wildman–Crippen LogP) is 2.21. The van der Waals surface area contributed by atoms with Crippen LogP contribution in [0.5, 0.6) is 11.5 Å². The number of aromatic nitrogens is 1. The van der Waals surface area contributed by atoms with Gasteiger partial charge < -0.3 is 19.0 Å². The molecule has 0 bridgehead atoms. The van der Waals surface area contributed by atoms with Crippen LogP contribution in [0.25, 0.3) is 11.8 Å². The van der Waals surface area contributed by atoms with Crippen LogP contribution in [-0.2, 0) is 9.53 Å². The zero-order valence-corrected chi connectivity index (χ0v) is 17.9. The number of allylic oxidation sites excluding steroid dienone is 1. The molecule has 3 heterocycles. The van der Waals surface area contributed by atoms with Gasteiger partial charge >= 0.3 is 5.97 Å². The lowest BCUT2D eigenvalue weighted by Gasteiger charge is -2.20. The van der Waals surface area contributed by atoms with Crippen LogP contribution >= 0.6 is 11.3 Å². The number of furan rings is 1. The van der Waals surface area contributed by atoms with Crippen LogP contribution in [0.4, 0.5) is 0 Å². The first-order valence-corrected chi connectivity index (χ1v) is 10.4. The topological polar surface area (TPSA) is 103 Å². The monoisotopic (exact) mass is 440 g/mol. The molecule has 0 spiro atoms. The van der Waals surface area contributed by atoms with Crippen molar-refractivity contribution in [2.24, 2.45) is 4.99 Å². The molecule has 2 aromatic heterocycles. The van der Waals surface area contributed by atoms with Crippen molar-refractivity contribution in [3.63, 3.8) is 0 Å². The lowest BCUT2D eigenvalue weighted by atomic mass is 10.0. The number of rotatable bonds is 5. The Morgan fingerprint density at radius 3 is 2.87 bits per heavy atom. The summed E-state index contributed by atoms with van der Waals surface area (Å²) in [5.41, 5.74) is 1.10. The molecule has 0 amide bonds. The summed E-state index contributed by atoms with van der Waals surface area (Å²) in [6, 6.07) is 7.56. The summed E-state index contributed by atoms with van der Waals surface area (Å²) in [6.07, 6.45) is 3.20. The molecule has 0 fully saturated rings. The highest BCUT2D eigenvalue weighted by Crippen LogP contribution is 2.32. The number of methoxy groups -OCH3 is 1. The second-order valence-electron chi connectivity index (χ2n) is 6.73. The van der Waals surface area contributed by atoms with Gasteiger partial charge in [0.15, 0.2) is 16.3 Å². The largest absolute Gasteiger partial charge is 0.504 e. The van der Waals surface area contributed by atoms with Crippen LogP contribution in [-0.4, -0.2) is 29.4 Å². The van der Waals surface area contributed by atoms with E-state index in [0.29, 0.717) is 32.1 Å². The Labute approximate surface area is 181 Å². The van der Waals surface area contributed by atoms with Gasteiger partial charge in [-0.2, -0.15) is 0 Å². The van der Waals surface area contributed by atoms with Gasteiger partial charge in [0.05, 0.1) is 30.1 Å². The van der Waals surface area contributed by atoms with E-state index in [4.69, 9.17) is 13.9 Å². The molecular formula is C22H20N2O6S. The van der Waals surface area contributed by atoms with E-state index in [2.05, 4.69) is 4.99 Å². The fourth-order valence-corrected chi connectivity index (χ4v) is 4.44. The number of thiazole rings is 1. The maximum atomic E-state index is 13.2. The van der Waals surface area contributed by atoms with E-state index in [-0.39, 0.29) is 23.5 Å². The maximum Gasteiger partial charge on any atom is 0.338 e. The highest BCUT2D eigenvalue weighted by atomic mass is 32.1. The van der Waals surface area contributed by atoms with Crippen molar-refractivity contribution < 1.29 is 23.8 Å². The summed E-state index contributed by atoms with van der Waals surface area (Å²) in [7, 11) is 1.45. The molecule has 4 rings (SSSR count). The Hall–Kier alpha value is -3.59. The van der Waals surface area contributed by atoms with Crippen molar-refractivity contribution >= 4 is 29.1 Å². The SMILES string of the molecule is CCOC(=O)C1=C(C)n2c(s/c(=C\c3ccc(O)c(OC)c3)c2=O)=N[C@H]1c1ccco1. The number of nitrogens with zero attached hydrogens (tertiary/aromatic N) is 2. The van der Waals surface area contributed by atoms with Gasteiger partial charge in [-0.05, 0) is 49.8 Å². The molecule has 160 valence electrons. The zero-order valence-electron chi connectivity index (χ0n) is 17.1. The summed E-state index contributed by atoms with van der Waals surface area (Å²) in [6.45, 7) is 3.62. The molecule has 0 saturated carbocycles. The Morgan fingerprint density at radius 2 is 2.19 bits per heavy atom. The Kier molecular flexibility index (Phi) is 5.51. The molecule has 8 nitrogen and oxygen atoms in total. The lowest BCUT2D eigenvalue weighted by Crippen LogP contribution is -2.35. The number of ether oxygens (including phenoxy) is 2. The van der Waals surface area contributed by atoms with E-state index in [9.17, 15) is 14.7 Å². The van der Waals surface area contributed by atoms with E-state index in [1.807, 2.05) is 0 Å². The molecule has 31 heavy (non-hydrogen) atoms. The number of aromatic hydroxyl groups is 1. The molecule has 1 N–H and O–H groups in total. The fourth-order valence-electron chi connectivity index (χ4n) is 3.41. The lowest BCUT2D eigenvalue weighted by molar-refractivity contribution is -0.138. The van der Waals surface area contributed by atoms with Gasteiger partial charge in [0, 0.05) is 5.70 Å². The summed E-state index contributed by atoms with van der Waals surface area (Å²) >= 11 is 1.20. The van der Waals surface area contributed by atoms with Crippen LogP contribution in [0.2, 0.25) is 0 Å². The van der Waals surface area contributed by atoms with Gasteiger partial charge in [-0.3, -0.25) is 9.36 Å². The smallest absolute Gasteiger partial charge is 0.338 e. The number of phenols is 1. The summed E-state index contributed by atoms with van der Waals surface area (Å²) in [5, 5.41) is 9.79. The highest BCUT2D eigenvalue weighted by molar-refractivity contribution is 7.07. The number of phenolic OH excluding ortho intramolecular Hbond substituents is 1. The Morgan fingerprint density at radius 1 is 1.39 bits per heavy atom. The number of carbonyl (C=O) groups excluding carboxylic acids is 1. The van der Waals surface area contributed by atoms with Crippen LogP contribution in [0.1, 0.15) is 31.2 Å². The quantitative estimate of drug-likeness (QED) is 0.610. The number of carbonyl (C=O) groups is 1. The minimum atomic E-state index is -0.700. The van der Waals surface area contributed by atoms with Crippen molar-refractivity contribution in [3.8, 4) is 11.5 Å². The highest BCUT2D eigenvalue weighted by Gasteiger charge is 2.32. The number of esters is 1. The molecule has 0 saturated heterocycles. The molecule has 3 aromatic rings. The number of hydrogen-bond donors (Lipinski definition) is 1. The van der Waals surface area contributed by atoms with Gasteiger partial charge in [0.25, 0.3) is 5.56 Å². The van der Waals surface area contributed by atoms with E-state index < -0.39 is 12.0 Å². The van der Waals surface area contributed by atoms with Gasteiger partial charge in [-0.1, -0.05) is 17.4 Å². The summed E-state index contributed by atoms with van der Waals surface area (Å²) in [5.74, 6) is 0.264.